The molecule has 3 aromatic carbocycles. The van der Waals surface area contributed by atoms with Crippen molar-refractivity contribution in [3.63, 3.8) is 0 Å². The molecular formula is C30H35ClO3S. The SMILES string of the molecule is C=C(c1ccc(Cc2ccc(OC(C)CC)c(S(=O)(=O)Cl)c2)cc1)c1ccc(C(C)(C)CC)cc1. The van der Waals surface area contributed by atoms with Crippen molar-refractivity contribution in [1.82, 2.24) is 0 Å². The van der Waals surface area contributed by atoms with E-state index in [0.717, 1.165) is 40.7 Å². The predicted molar refractivity (Wildman–Crippen MR) is 147 cm³/mol. The van der Waals surface area contributed by atoms with Gasteiger partial charge in [0.2, 0.25) is 0 Å². The zero-order valence-corrected chi connectivity index (χ0v) is 22.8. The first-order chi connectivity index (χ1) is 16.4. The van der Waals surface area contributed by atoms with Crippen LogP contribution in [0.4, 0.5) is 0 Å². The van der Waals surface area contributed by atoms with Crippen molar-refractivity contribution in [3.05, 3.63) is 101 Å². The van der Waals surface area contributed by atoms with E-state index < -0.39 is 9.05 Å². The van der Waals surface area contributed by atoms with E-state index in [-0.39, 0.29) is 22.2 Å². The van der Waals surface area contributed by atoms with Crippen LogP contribution in [0.15, 0.2) is 78.2 Å². The average molecular weight is 511 g/mol. The predicted octanol–water partition coefficient (Wildman–Crippen LogP) is 8.13. The summed E-state index contributed by atoms with van der Waals surface area (Å²) in [5.41, 5.74) is 6.52. The Morgan fingerprint density at radius 3 is 2.00 bits per heavy atom. The Morgan fingerprint density at radius 1 is 0.943 bits per heavy atom. The summed E-state index contributed by atoms with van der Waals surface area (Å²) in [6.07, 6.45) is 2.33. The number of rotatable bonds is 10. The molecule has 0 aromatic heterocycles. The van der Waals surface area contributed by atoms with Crippen LogP contribution in [0, 0.1) is 0 Å². The zero-order chi connectivity index (χ0) is 25.8. The number of hydrogen-bond donors (Lipinski definition) is 0. The Balaban J connectivity index is 1.77. The standard InChI is InChI=1S/C30H35ClO3S/c1-7-21(3)34-28-18-11-24(20-29(28)35(31,32)33)19-23-9-12-25(13-10-23)22(4)26-14-16-27(17-15-26)30(5,6)8-2/h9-18,20-21H,4,7-8,19H2,1-3,5-6H3. The van der Waals surface area contributed by atoms with Crippen molar-refractivity contribution in [2.24, 2.45) is 0 Å². The first kappa shape index (κ1) is 27.0. The third-order valence-corrected chi connectivity index (χ3v) is 8.13. The maximum Gasteiger partial charge on any atom is 0.264 e. The first-order valence-corrected chi connectivity index (χ1v) is 14.4. The van der Waals surface area contributed by atoms with Crippen LogP contribution in [0.5, 0.6) is 5.75 Å². The summed E-state index contributed by atoms with van der Waals surface area (Å²) in [6.45, 7) is 14.9. The third kappa shape index (κ3) is 6.77. The van der Waals surface area contributed by atoms with Gasteiger partial charge in [0.15, 0.2) is 0 Å². The minimum atomic E-state index is -3.93. The Kier molecular flexibility index (Phi) is 8.50. The lowest BCUT2D eigenvalue weighted by Crippen LogP contribution is -2.15. The molecule has 0 N–H and O–H groups in total. The quantitative estimate of drug-likeness (QED) is 0.258. The summed E-state index contributed by atoms with van der Waals surface area (Å²) in [5.74, 6) is 0.290. The molecule has 0 saturated carbocycles. The minimum absolute atomic E-state index is 0.0108. The fourth-order valence-corrected chi connectivity index (χ4v) is 4.81. The van der Waals surface area contributed by atoms with Gasteiger partial charge in [-0.05, 0) is 77.1 Å². The molecule has 3 nitrogen and oxygen atoms in total. The van der Waals surface area contributed by atoms with Gasteiger partial charge in [-0.3, -0.25) is 0 Å². The van der Waals surface area contributed by atoms with E-state index >= 15 is 0 Å². The lowest BCUT2D eigenvalue weighted by molar-refractivity contribution is 0.212. The lowest BCUT2D eigenvalue weighted by Gasteiger charge is -2.23. The molecule has 0 amide bonds. The highest BCUT2D eigenvalue weighted by molar-refractivity contribution is 8.13. The van der Waals surface area contributed by atoms with Gasteiger partial charge >= 0.3 is 0 Å². The topological polar surface area (TPSA) is 43.4 Å². The highest BCUT2D eigenvalue weighted by Crippen LogP contribution is 2.31. The van der Waals surface area contributed by atoms with Gasteiger partial charge in [0.25, 0.3) is 9.05 Å². The van der Waals surface area contributed by atoms with E-state index in [4.69, 9.17) is 15.4 Å². The van der Waals surface area contributed by atoms with E-state index in [2.05, 4.69) is 63.7 Å². The molecule has 1 unspecified atom stereocenters. The molecule has 0 fully saturated rings. The maximum atomic E-state index is 12.2. The molecule has 186 valence electrons. The largest absolute Gasteiger partial charge is 0.489 e. The van der Waals surface area contributed by atoms with E-state index in [1.807, 2.05) is 32.0 Å². The van der Waals surface area contributed by atoms with Gasteiger partial charge in [0.05, 0.1) is 6.10 Å². The second-order valence-corrected chi connectivity index (χ2v) is 12.3. The summed E-state index contributed by atoms with van der Waals surface area (Å²) < 4.78 is 30.1. The smallest absolute Gasteiger partial charge is 0.264 e. The number of benzene rings is 3. The van der Waals surface area contributed by atoms with Crippen molar-refractivity contribution >= 4 is 25.3 Å². The second kappa shape index (κ2) is 11.0. The molecule has 0 heterocycles. The van der Waals surface area contributed by atoms with E-state index in [1.165, 1.54) is 5.56 Å². The molecular weight excluding hydrogens is 476 g/mol. The molecule has 0 aliphatic rings. The van der Waals surface area contributed by atoms with E-state index in [1.54, 1.807) is 12.1 Å². The fraction of sp³-hybridized carbons (Fsp3) is 0.333. The summed E-state index contributed by atoms with van der Waals surface area (Å²) in [6, 6.07) is 22.0. The van der Waals surface area contributed by atoms with Crippen LogP contribution in [-0.2, 0) is 20.9 Å². The molecule has 0 bridgehead atoms. The molecule has 0 saturated heterocycles. The van der Waals surface area contributed by atoms with Gasteiger partial charge in [-0.15, -0.1) is 0 Å². The second-order valence-electron chi connectivity index (χ2n) is 9.72. The Morgan fingerprint density at radius 2 is 1.49 bits per heavy atom. The Labute approximate surface area is 215 Å². The van der Waals surface area contributed by atoms with Crippen LogP contribution in [0.25, 0.3) is 5.57 Å². The number of halogens is 1. The minimum Gasteiger partial charge on any atom is -0.489 e. The highest BCUT2D eigenvalue weighted by Gasteiger charge is 2.20. The van der Waals surface area contributed by atoms with Crippen LogP contribution in [-0.4, -0.2) is 14.5 Å². The molecule has 0 radical (unpaired) electrons. The van der Waals surface area contributed by atoms with Gasteiger partial charge in [0, 0.05) is 10.7 Å². The Bertz CT molecular complexity index is 1270. The van der Waals surface area contributed by atoms with Crippen molar-refractivity contribution in [3.8, 4) is 5.75 Å². The number of ether oxygens (including phenoxy) is 1. The van der Waals surface area contributed by atoms with Gasteiger partial charge in [-0.1, -0.05) is 88.9 Å². The summed E-state index contributed by atoms with van der Waals surface area (Å²) >= 11 is 0. The molecule has 3 rings (SSSR count). The monoisotopic (exact) mass is 510 g/mol. The van der Waals surface area contributed by atoms with Gasteiger partial charge in [-0.2, -0.15) is 0 Å². The van der Waals surface area contributed by atoms with Crippen molar-refractivity contribution in [2.45, 2.75) is 70.3 Å². The van der Waals surface area contributed by atoms with Crippen LogP contribution in [0.3, 0.4) is 0 Å². The van der Waals surface area contributed by atoms with Gasteiger partial charge in [0.1, 0.15) is 10.6 Å². The van der Waals surface area contributed by atoms with E-state index in [9.17, 15) is 8.42 Å². The van der Waals surface area contributed by atoms with E-state index in [0.29, 0.717) is 6.42 Å². The molecule has 1 atom stereocenters. The lowest BCUT2D eigenvalue weighted by atomic mass is 9.81. The summed E-state index contributed by atoms with van der Waals surface area (Å²) in [7, 11) is 1.78. The normalized spacial score (nSPS) is 12.9. The molecule has 0 aliphatic carbocycles. The molecule has 0 spiro atoms. The maximum absolute atomic E-state index is 12.2. The third-order valence-electron chi connectivity index (χ3n) is 6.78. The summed E-state index contributed by atoms with van der Waals surface area (Å²) in [4.78, 5) is 0.0108. The van der Waals surface area contributed by atoms with Crippen LogP contribution < -0.4 is 4.74 Å². The van der Waals surface area contributed by atoms with Crippen molar-refractivity contribution in [2.75, 3.05) is 0 Å². The van der Waals surface area contributed by atoms with Gasteiger partial charge in [-0.25, -0.2) is 8.42 Å². The molecule has 3 aromatic rings. The van der Waals surface area contributed by atoms with Crippen LogP contribution >= 0.6 is 10.7 Å². The summed E-state index contributed by atoms with van der Waals surface area (Å²) in [5, 5.41) is 0. The van der Waals surface area contributed by atoms with Crippen LogP contribution in [0.2, 0.25) is 0 Å². The molecule has 5 heteroatoms. The number of hydrogen-bond acceptors (Lipinski definition) is 3. The first-order valence-electron chi connectivity index (χ1n) is 12.1. The fourth-order valence-electron chi connectivity index (χ4n) is 3.80. The van der Waals surface area contributed by atoms with Crippen molar-refractivity contribution < 1.29 is 13.2 Å². The van der Waals surface area contributed by atoms with Crippen molar-refractivity contribution in [1.29, 1.82) is 0 Å². The van der Waals surface area contributed by atoms with Crippen LogP contribution in [0.1, 0.15) is 75.3 Å². The highest BCUT2D eigenvalue weighted by atomic mass is 35.7. The Hall–Kier alpha value is -2.56. The zero-order valence-electron chi connectivity index (χ0n) is 21.3. The van der Waals surface area contributed by atoms with Gasteiger partial charge < -0.3 is 4.74 Å². The molecule has 0 aliphatic heterocycles. The molecule has 35 heavy (non-hydrogen) atoms. The average Bonchev–Trinajstić information content (AvgIpc) is 2.84.